The number of benzene rings is 1. The molecule has 1 N–H and O–H groups in total. The summed E-state index contributed by atoms with van der Waals surface area (Å²) in [6.07, 6.45) is 1.54. The molecular weight excluding hydrogens is 298 g/mol. The quantitative estimate of drug-likeness (QED) is 0.929. The summed E-state index contributed by atoms with van der Waals surface area (Å²) >= 11 is 0. The van der Waals surface area contributed by atoms with Crippen molar-refractivity contribution in [2.45, 2.75) is 19.5 Å². The lowest BCUT2D eigenvalue weighted by atomic mass is 10.0. The van der Waals surface area contributed by atoms with Crippen LogP contribution in [0.2, 0.25) is 0 Å². The maximum absolute atomic E-state index is 12.9. The van der Waals surface area contributed by atoms with E-state index in [0.717, 1.165) is 0 Å². The van der Waals surface area contributed by atoms with Crippen molar-refractivity contribution in [2.24, 2.45) is 0 Å². The van der Waals surface area contributed by atoms with Crippen LogP contribution in [0.15, 0.2) is 36.5 Å². The van der Waals surface area contributed by atoms with E-state index in [9.17, 15) is 14.7 Å². The minimum absolute atomic E-state index is 0.194. The Balaban J connectivity index is 2.04. The van der Waals surface area contributed by atoms with Crippen LogP contribution in [0.1, 0.15) is 29.0 Å². The maximum atomic E-state index is 12.9. The Morgan fingerprint density at radius 3 is 2.87 bits per heavy atom. The summed E-state index contributed by atoms with van der Waals surface area (Å²) < 4.78 is 7.16. The highest BCUT2D eigenvalue weighted by Crippen LogP contribution is 2.33. The van der Waals surface area contributed by atoms with Gasteiger partial charge in [0.25, 0.3) is 5.91 Å². The third-order valence-corrected chi connectivity index (χ3v) is 3.84. The van der Waals surface area contributed by atoms with Crippen LogP contribution < -0.4 is 4.74 Å². The number of rotatable bonds is 3. The second-order valence-corrected chi connectivity index (χ2v) is 5.16. The fourth-order valence-corrected chi connectivity index (χ4v) is 2.79. The molecule has 1 aliphatic heterocycles. The van der Waals surface area contributed by atoms with Crippen LogP contribution in [0.3, 0.4) is 0 Å². The van der Waals surface area contributed by atoms with E-state index in [1.165, 1.54) is 11.1 Å². The monoisotopic (exact) mass is 315 g/mol. The predicted molar refractivity (Wildman–Crippen MR) is 81.3 cm³/mol. The third kappa shape index (κ3) is 2.65. The number of ether oxygens (including phenoxy) is 1. The second kappa shape index (κ2) is 6.12. The van der Waals surface area contributed by atoms with Crippen molar-refractivity contribution in [3.63, 3.8) is 0 Å². The zero-order chi connectivity index (χ0) is 16.4. The Labute approximate surface area is 133 Å². The molecule has 0 spiro atoms. The van der Waals surface area contributed by atoms with E-state index in [0.29, 0.717) is 23.6 Å². The first-order chi connectivity index (χ1) is 11.1. The van der Waals surface area contributed by atoms with Crippen molar-refractivity contribution >= 4 is 11.9 Å². The van der Waals surface area contributed by atoms with E-state index >= 15 is 0 Å². The van der Waals surface area contributed by atoms with Gasteiger partial charge in [0.15, 0.2) is 6.04 Å². The van der Waals surface area contributed by atoms with E-state index in [4.69, 9.17) is 4.74 Å². The van der Waals surface area contributed by atoms with Gasteiger partial charge in [-0.15, -0.1) is 0 Å². The molecule has 1 atom stereocenters. The Kier molecular flexibility index (Phi) is 4.01. The molecule has 1 aromatic heterocycles. The van der Waals surface area contributed by atoms with Gasteiger partial charge in [-0.3, -0.25) is 9.48 Å². The van der Waals surface area contributed by atoms with Crippen molar-refractivity contribution in [2.75, 3.05) is 13.2 Å². The summed E-state index contributed by atoms with van der Waals surface area (Å²) in [7, 11) is 0. The molecule has 1 unspecified atom stereocenters. The molecular formula is C16H17N3O4. The summed E-state index contributed by atoms with van der Waals surface area (Å²) in [5.41, 5.74) is 0.853. The van der Waals surface area contributed by atoms with Gasteiger partial charge in [0.2, 0.25) is 0 Å². The van der Waals surface area contributed by atoms with Crippen molar-refractivity contribution < 1.29 is 19.4 Å². The van der Waals surface area contributed by atoms with Gasteiger partial charge in [0.1, 0.15) is 18.1 Å². The maximum Gasteiger partial charge on any atom is 0.331 e. The molecule has 7 nitrogen and oxygen atoms in total. The topological polar surface area (TPSA) is 84.7 Å². The number of hydrogen-bond acceptors (Lipinski definition) is 4. The lowest BCUT2D eigenvalue weighted by molar-refractivity contribution is -0.142. The van der Waals surface area contributed by atoms with E-state index in [1.54, 1.807) is 35.0 Å². The molecule has 120 valence electrons. The average molecular weight is 315 g/mol. The summed E-state index contributed by atoms with van der Waals surface area (Å²) in [5, 5.41) is 13.8. The van der Waals surface area contributed by atoms with Crippen LogP contribution in [0, 0.1) is 0 Å². The molecule has 7 heteroatoms. The Morgan fingerprint density at radius 2 is 2.13 bits per heavy atom. The standard InChI is InChI=1S/C16H17N3O4/c1-2-19-12(7-8-17-19)15(20)18-9-10-23-13-6-4-3-5-11(13)14(18)16(21)22/h3-8,14H,2,9-10H2,1H3,(H,21,22). The molecule has 1 aromatic carbocycles. The van der Waals surface area contributed by atoms with Crippen LogP contribution in [0.5, 0.6) is 5.75 Å². The predicted octanol–water partition coefficient (Wildman–Crippen LogP) is 1.56. The zero-order valence-electron chi connectivity index (χ0n) is 12.7. The van der Waals surface area contributed by atoms with Gasteiger partial charge in [-0.05, 0) is 19.1 Å². The summed E-state index contributed by atoms with van der Waals surface area (Å²) in [4.78, 5) is 26.0. The minimum atomic E-state index is -1.08. The van der Waals surface area contributed by atoms with Crippen molar-refractivity contribution in [3.8, 4) is 5.75 Å². The number of aromatic nitrogens is 2. The average Bonchev–Trinajstić information content (AvgIpc) is 2.93. The van der Waals surface area contributed by atoms with Crippen LogP contribution in [0.25, 0.3) is 0 Å². The Morgan fingerprint density at radius 1 is 1.35 bits per heavy atom. The number of para-hydroxylation sites is 1. The number of nitrogens with zero attached hydrogens (tertiary/aromatic N) is 3. The van der Waals surface area contributed by atoms with Crippen LogP contribution in [-0.2, 0) is 11.3 Å². The van der Waals surface area contributed by atoms with Crippen LogP contribution >= 0.6 is 0 Å². The number of carboxylic acid groups (broad SMARTS) is 1. The van der Waals surface area contributed by atoms with Gasteiger partial charge in [-0.1, -0.05) is 18.2 Å². The molecule has 0 saturated carbocycles. The number of carbonyl (C=O) groups excluding carboxylic acids is 1. The number of aliphatic carboxylic acids is 1. The minimum Gasteiger partial charge on any atom is -0.491 e. The smallest absolute Gasteiger partial charge is 0.331 e. The lowest BCUT2D eigenvalue weighted by Crippen LogP contribution is -2.40. The fraction of sp³-hybridized carbons (Fsp3) is 0.312. The molecule has 1 aliphatic rings. The molecule has 0 fully saturated rings. The number of carbonyl (C=O) groups is 2. The normalized spacial score (nSPS) is 17.1. The van der Waals surface area contributed by atoms with Crippen molar-refractivity contribution in [1.29, 1.82) is 0 Å². The fourth-order valence-electron chi connectivity index (χ4n) is 2.79. The molecule has 0 radical (unpaired) electrons. The molecule has 23 heavy (non-hydrogen) atoms. The molecule has 2 aromatic rings. The number of aryl methyl sites for hydroxylation is 1. The number of hydrogen-bond donors (Lipinski definition) is 1. The van der Waals surface area contributed by atoms with Gasteiger partial charge < -0.3 is 14.7 Å². The SMILES string of the molecule is CCn1nccc1C(=O)N1CCOc2ccccc2C1C(=O)O. The Bertz CT molecular complexity index is 740. The van der Waals surface area contributed by atoms with Gasteiger partial charge in [0, 0.05) is 18.3 Å². The van der Waals surface area contributed by atoms with Gasteiger partial charge in [0.05, 0.1) is 6.54 Å². The molecule has 0 saturated heterocycles. The summed E-state index contributed by atoms with van der Waals surface area (Å²) in [6, 6.07) is 7.43. The highest BCUT2D eigenvalue weighted by Gasteiger charge is 2.36. The summed E-state index contributed by atoms with van der Waals surface area (Å²) in [6.45, 7) is 2.85. The number of amides is 1. The first-order valence-corrected chi connectivity index (χ1v) is 7.40. The first kappa shape index (κ1) is 15.1. The van der Waals surface area contributed by atoms with E-state index in [-0.39, 0.29) is 19.1 Å². The first-order valence-electron chi connectivity index (χ1n) is 7.40. The largest absolute Gasteiger partial charge is 0.491 e. The van der Waals surface area contributed by atoms with Gasteiger partial charge >= 0.3 is 5.97 Å². The van der Waals surface area contributed by atoms with E-state index in [1.807, 2.05) is 6.92 Å². The lowest BCUT2D eigenvalue weighted by Gasteiger charge is -2.26. The van der Waals surface area contributed by atoms with Crippen molar-refractivity contribution in [1.82, 2.24) is 14.7 Å². The summed E-state index contributed by atoms with van der Waals surface area (Å²) in [5.74, 6) is -0.949. The third-order valence-electron chi connectivity index (χ3n) is 3.84. The van der Waals surface area contributed by atoms with E-state index < -0.39 is 12.0 Å². The number of fused-ring (bicyclic) bond motifs is 1. The second-order valence-electron chi connectivity index (χ2n) is 5.16. The Hall–Kier alpha value is -2.83. The molecule has 1 amide bonds. The van der Waals surface area contributed by atoms with Crippen LogP contribution in [-0.4, -0.2) is 44.8 Å². The highest BCUT2D eigenvalue weighted by molar-refractivity contribution is 5.95. The molecule has 0 bridgehead atoms. The zero-order valence-corrected chi connectivity index (χ0v) is 12.7. The highest BCUT2D eigenvalue weighted by atomic mass is 16.5. The molecule has 0 aliphatic carbocycles. The van der Waals surface area contributed by atoms with E-state index in [2.05, 4.69) is 5.10 Å². The van der Waals surface area contributed by atoms with Gasteiger partial charge in [-0.2, -0.15) is 5.10 Å². The number of carboxylic acids is 1. The van der Waals surface area contributed by atoms with Crippen molar-refractivity contribution in [3.05, 3.63) is 47.8 Å². The van der Waals surface area contributed by atoms with Crippen LogP contribution in [0.4, 0.5) is 0 Å². The van der Waals surface area contributed by atoms with Gasteiger partial charge in [-0.25, -0.2) is 4.79 Å². The molecule has 2 heterocycles. The molecule has 3 rings (SSSR count).